The minimum absolute atomic E-state index is 0.0870. The van der Waals surface area contributed by atoms with E-state index >= 15 is 0 Å². The highest BCUT2D eigenvalue weighted by Crippen LogP contribution is 2.35. The molecule has 3 N–H and O–H groups in total. The van der Waals surface area contributed by atoms with Gasteiger partial charge in [0.1, 0.15) is 73.8 Å². The van der Waals surface area contributed by atoms with Crippen molar-refractivity contribution in [1.82, 2.24) is 15.1 Å². The monoisotopic (exact) mass is 1070 g/mol. The molecule has 11 nitrogen and oxygen atoms in total. The number of aliphatic hydroxyl groups is 2. The quantitative estimate of drug-likeness (QED) is 0.0294. The Bertz CT molecular complexity index is 1910. The molecule has 2 fully saturated rings. The van der Waals surface area contributed by atoms with Gasteiger partial charge in [-0.25, -0.2) is 0 Å². The molecule has 77 heavy (non-hydrogen) atoms. The average Bonchev–Trinajstić information content (AvgIpc) is 4.41. The molecule has 4 aromatic rings. The van der Waals surface area contributed by atoms with E-state index in [0.29, 0.717) is 39.5 Å². The van der Waals surface area contributed by atoms with Crippen LogP contribution in [0.15, 0.2) is 97.1 Å². The Kier molecular flexibility index (Phi) is 31.3. The van der Waals surface area contributed by atoms with E-state index in [-0.39, 0.29) is 23.0 Å². The Morgan fingerprint density at radius 3 is 0.948 bits per heavy atom. The van der Waals surface area contributed by atoms with Gasteiger partial charge in [0.15, 0.2) is 0 Å². The predicted molar refractivity (Wildman–Crippen MR) is 319 cm³/mol. The van der Waals surface area contributed by atoms with Crippen molar-refractivity contribution >= 4 is 0 Å². The van der Waals surface area contributed by atoms with Gasteiger partial charge in [-0.1, -0.05) is 156 Å². The molecular formula is C66H105N3O8. The maximum atomic E-state index is 10.6. The number of rotatable bonds is 38. The summed E-state index contributed by atoms with van der Waals surface area (Å²) in [7, 11) is 0. The first-order valence-corrected chi connectivity index (χ1v) is 29.9. The van der Waals surface area contributed by atoms with Crippen molar-refractivity contribution in [2.45, 2.75) is 182 Å². The second kappa shape index (κ2) is 36.9. The lowest BCUT2D eigenvalue weighted by atomic mass is 9.78. The number of hydrogen-bond acceptors (Lipinski definition) is 11. The van der Waals surface area contributed by atoms with Crippen LogP contribution in [0.25, 0.3) is 0 Å². The Hall–Kier alpha value is -4.20. The Morgan fingerprint density at radius 1 is 0.442 bits per heavy atom. The Balaban J connectivity index is 0.000000312. The van der Waals surface area contributed by atoms with E-state index in [1.54, 1.807) is 0 Å². The van der Waals surface area contributed by atoms with Crippen molar-refractivity contribution in [3.05, 3.63) is 119 Å². The molecule has 0 aromatic heterocycles. The lowest BCUT2D eigenvalue weighted by Gasteiger charge is -2.27. The summed E-state index contributed by atoms with van der Waals surface area (Å²) in [6.45, 7) is 33.5. The van der Waals surface area contributed by atoms with Gasteiger partial charge in [-0.05, 0) is 149 Å². The van der Waals surface area contributed by atoms with Crippen LogP contribution in [0.1, 0.15) is 169 Å². The summed E-state index contributed by atoms with van der Waals surface area (Å²) in [6.07, 6.45) is 14.1. The van der Waals surface area contributed by atoms with Crippen LogP contribution in [0.5, 0.6) is 23.0 Å². The zero-order chi connectivity index (χ0) is 55.7. The largest absolute Gasteiger partial charge is 0.491 e. The van der Waals surface area contributed by atoms with E-state index in [4.69, 9.17) is 28.4 Å². The highest BCUT2D eigenvalue weighted by molar-refractivity contribution is 5.43. The third-order valence-electron chi connectivity index (χ3n) is 14.5. The molecule has 2 heterocycles. The summed E-state index contributed by atoms with van der Waals surface area (Å²) in [4.78, 5) is 4.73. The topological polar surface area (TPSA) is 121 Å². The Morgan fingerprint density at radius 2 is 0.701 bits per heavy atom. The van der Waals surface area contributed by atoms with Crippen molar-refractivity contribution in [1.29, 1.82) is 0 Å². The number of hydrogen-bond donors (Lipinski definition) is 3. The zero-order valence-corrected chi connectivity index (χ0v) is 49.7. The number of ether oxygens (including phenoxy) is 6. The normalized spacial score (nSPS) is 15.7. The van der Waals surface area contributed by atoms with Gasteiger partial charge in [0, 0.05) is 23.9 Å². The molecule has 4 aromatic carbocycles. The van der Waals surface area contributed by atoms with E-state index in [2.05, 4.69) is 133 Å². The smallest absolute Gasteiger partial charge is 0.119 e. The molecule has 0 radical (unpaired) electrons. The molecule has 0 spiro atoms. The highest BCUT2D eigenvalue weighted by atomic mass is 16.6. The van der Waals surface area contributed by atoms with Gasteiger partial charge in [0.2, 0.25) is 0 Å². The van der Waals surface area contributed by atoms with Crippen LogP contribution in [0.3, 0.4) is 0 Å². The van der Waals surface area contributed by atoms with Crippen molar-refractivity contribution in [2.24, 2.45) is 0 Å². The van der Waals surface area contributed by atoms with Gasteiger partial charge in [-0.2, -0.15) is 0 Å². The molecule has 4 unspecified atom stereocenters. The molecule has 432 valence electrons. The Labute approximate surface area is 467 Å². The van der Waals surface area contributed by atoms with Crippen LogP contribution >= 0.6 is 0 Å². The fourth-order valence-electron chi connectivity index (χ4n) is 8.84. The average molecular weight is 1070 g/mol. The standard InChI is InChI=1S/C37H62N2O4.C21H24O4.C8H19N/c1-7-11-23-38(24-12-8-2)27-33(40)29-42-35-19-15-31(16-20-35)37(5,6)32-17-21-36(22-18-32)43-30-34(41)28-39(25-13-9-3)26-14-10-4;1-21(2,15-3-7-17(8-4-15)22-11-19-13-24-19)16-5-9-18(10-6-16)23-12-20-14-25-20;1-3-5-7-9-8-6-4-2/h15-22,33-34,40-41H,7-14,23-30H2,1-6H3;3-10,19-20H,11-14H2,1-2H3;9H,3-8H2,1-2H3. The number of nitrogens with one attached hydrogen (secondary N) is 1. The van der Waals surface area contributed by atoms with Crippen molar-refractivity contribution in [3.8, 4) is 23.0 Å². The van der Waals surface area contributed by atoms with Crippen LogP contribution < -0.4 is 24.3 Å². The maximum Gasteiger partial charge on any atom is 0.119 e. The van der Waals surface area contributed by atoms with Gasteiger partial charge >= 0.3 is 0 Å². The summed E-state index contributed by atoms with van der Waals surface area (Å²) in [5.41, 5.74) is 4.60. The predicted octanol–water partition coefficient (Wildman–Crippen LogP) is 13.0. The molecule has 2 saturated heterocycles. The molecule has 6 rings (SSSR count). The van der Waals surface area contributed by atoms with Crippen LogP contribution in [0.4, 0.5) is 0 Å². The third kappa shape index (κ3) is 26.1. The van der Waals surface area contributed by atoms with Crippen LogP contribution in [0.2, 0.25) is 0 Å². The van der Waals surface area contributed by atoms with Gasteiger partial charge in [0.25, 0.3) is 0 Å². The molecule has 2 aliphatic heterocycles. The number of nitrogens with zero attached hydrogens (tertiary/aromatic N) is 2. The zero-order valence-electron chi connectivity index (χ0n) is 49.7. The maximum absolute atomic E-state index is 10.6. The van der Waals surface area contributed by atoms with Crippen LogP contribution in [-0.2, 0) is 20.3 Å². The molecule has 4 atom stereocenters. The summed E-state index contributed by atoms with van der Waals surface area (Å²) in [5, 5.41) is 24.6. The number of unbranched alkanes of at least 4 members (excludes halogenated alkanes) is 6. The first-order chi connectivity index (χ1) is 37.2. The molecular weight excluding hydrogens is 963 g/mol. The van der Waals surface area contributed by atoms with E-state index in [9.17, 15) is 10.2 Å². The van der Waals surface area contributed by atoms with Gasteiger partial charge in [0.05, 0.1) is 13.2 Å². The minimum atomic E-state index is -0.507. The number of benzene rings is 4. The molecule has 0 saturated carbocycles. The van der Waals surface area contributed by atoms with Crippen molar-refractivity contribution in [3.63, 3.8) is 0 Å². The second-order valence-electron chi connectivity index (χ2n) is 22.3. The highest BCUT2D eigenvalue weighted by Gasteiger charge is 2.27. The third-order valence-corrected chi connectivity index (χ3v) is 14.5. The van der Waals surface area contributed by atoms with E-state index < -0.39 is 12.2 Å². The van der Waals surface area contributed by atoms with Crippen molar-refractivity contribution < 1.29 is 38.6 Å². The first-order valence-electron chi connectivity index (χ1n) is 29.9. The summed E-state index contributed by atoms with van der Waals surface area (Å²) in [6, 6.07) is 33.1. The van der Waals surface area contributed by atoms with E-state index in [1.807, 2.05) is 48.5 Å². The lowest BCUT2D eigenvalue weighted by molar-refractivity contribution is 0.0671. The lowest BCUT2D eigenvalue weighted by Crippen LogP contribution is -2.37. The van der Waals surface area contributed by atoms with E-state index in [0.717, 1.165) is 114 Å². The summed E-state index contributed by atoms with van der Waals surface area (Å²) < 4.78 is 33.7. The summed E-state index contributed by atoms with van der Waals surface area (Å²) >= 11 is 0. The fraction of sp³-hybridized carbons (Fsp3) is 0.636. The SMILES string of the molecule is CC(C)(c1ccc(OCC2CO2)cc1)c1ccc(OCC2CO2)cc1.CCCCN(CCCC)CC(O)COc1ccc(C(C)(C)c2ccc(OCC(O)CN(CCCC)CCCC)cc2)cc1.CCCCNCCCC. The first kappa shape index (κ1) is 65.3. The molecule has 0 amide bonds. The molecule has 2 aliphatic rings. The van der Waals surface area contributed by atoms with Crippen LogP contribution in [-0.4, -0.2) is 136 Å². The van der Waals surface area contributed by atoms with Gasteiger partial charge < -0.3 is 53.8 Å². The summed E-state index contributed by atoms with van der Waals surface area (Å²) in [5.74, 6) is 3.33. The minimum Gasteiger partial charge on any atom is -0.491 e. The van der Waals surface area contributed by atoms with Gasteiger partial charge in [-0.15, -0.1) is 0 Å². The van der Waals surface area contributed by atoms with Gasteiger partial charge in [-0.3, -0.25) is 0 Å². The van der Waals surface area contributed by atoms with Crippen molar-refractivity contribution in [2.75, 3.05) is 92.0 Å². The molecule has 0 aliphatic carbocycles. The molecule has 0 bridgehead atoms. The second-order valence-corrected chi connectivity index (χ2v) is 22.3. The molecule has 11 heteroatoms. The van der Waals surface area contributed by atoms with E-state index in [1.165, 1.54) is 61.0 Å². The number of aliphatic hydroxyl groups excluding tert-OH is 2. The number of epoxide rings is 2. The van der Waals surface area contributed by atoms with Crippen LogP contribution in [0, 0.1) is 0 Å². The fourth-order valence-corrected chi connectivity index (χ4v) is 8.84.